The van der Waals surface area contributed by atoms with Crippen molar-refractivity contribution in [3.63, 3.8) is 0 Å². The van der Waals surface area contributed by atoms with Gasteiger partial charge in [-0.25, -0.2) is 0 Å². The minimum atomic E-state index is -2.64. The van der Waals surface area contributed by atoms with E-state index >= 15 is 0 Å². The first-order valence-electron chi connectivity index (χ1n) is 13.5. The molecule has 10 nitrogen and oxygen atoms in total. The number of aromatic hydroxyl groups is 1. The summed E-state index contributed by atoms with van der Waals surface area (Å²) in [5, 5.41) is 26.1. The van der Waals surface area contributed by atoms with E-state index in [1.165, 1.54) is 0 Å². The van der Waals surface area contributed by atoms with E-state index in [-0.39, 0.29) is 30.6 Å². The molecule has 1 heterocycles. The molecule has 2 saturated carbocycles. The molecule has 3 aliphatic carbocycles. The van der Waals surface area contributed by atoms with Crippen LogP contribution in [0.2, 0.25) is 0 Å². The van der Waals surface area contributed by atoms with E-state index in [0.717, 1.165) is 36.6 Å². The molecule has 11 heteroatoms. The fourth-order valence-electron chi connectivity index (χ4n) is 6.96. The van der Waals surface area contributed by atoms with Crippen molar-refractivity contribution in [3.05, 3.63) is 22.8 Å². The second-order valence-corrected chi connectivity index (χ2v) is 12.8. The molecule has 1 aromatic rings. The number of nitrogens with zero attached hydrogens (tertiary/aromatic N) is 1. The van der Waals surface area contributed by atoms with Gasteiger partial charge in [-0.1, -0.05) is 0 Å². The molecule has 1 amide bonds. The average Bonchev–Trinajstić information content (AvgIpc) is 2.87. The van der Waals surface area contributed by atoms with Crippen LogP contribution in [-0.4, -0.2) is 77.0 Å². The van der Waals surface area contributed by atoms with E-state index in [2.05, 4.69) is 5.32 Å². The lowest BCUT2D eigenvalue weighted by Crippen LogP contribution is -2.68. The molecule has 210 valence electrons. The van der Waals surface area contributed by atoms with Crippen molar-refractivity contribution < 1.29 is 34.2 Å². The van der Waals surface area contributed by atoms with Gasteiger partial charge in [0.05, 0.1) is 11.5 Å². The van der Waals surface area contributed by atoms with Gasteiger partial charge in [-0.2, -0.15) is 11.8 Å². The van der Waals surface area contributed by atoms with Gasteiger partial charge in [0.25, 0.3) is 0 Å². The van der Waals surface area contributed by atoms with Gasteiger partial charge in [-0.05, 0) is 67.2 Å². The number of amides is 1. The summed E-state index contributed by atoms with van der Waals surface area (Å²) in [5.41, 5.74) is 4.54. The van der Waals surface area contributed by atoms with E-state index < -0.39 is 58.3 Å². The summed E-state index contributed by atoms with van der Waals surface area (Å²) in [6.45, 7) is 1.13. The Hall–Kier alpha value is -2.76. The van der Waals surface area contributed by atoms with Crippen molar-refractivity contribution in [2.24, 2.45) is 35.3 Å². The fourth-order valence-corrected chi connectivity index (χ4v) is 8.17. The number of benzene rings is 1. The highest BCUT2D eigenvalue weighted by Gasteiger charge is 2.66. The van der Waals surface area contributed by atoms with Crippen LogP contribution in [0.5, 0.6) is 5.75 Å². The maximum atomic E-state index is 13.9. The van der Waals surface area contributed by atoms with Gasteiger partial charge in [-0.3, -0.25) is 24.0 Å². The van der Waals surface area contributed by atoms with Crippen molar-refractivity contribution in [3.8, 4) is 5.75 Å². The summed E-state index contributed by atoms with van der Waals surface area (Å²) >= 11 is 1.95. The van der Waals surface area contributed by atoms with Gasteiger partial charge in [0.2, 0.25) is 5.91 Å². The summed E-state index contributed by atoms with van der Waals surface area (Å²) in [6.07, 6.45) is 2.26. The number of nitrogens with two attached hydrogens (primary N) is 1. The summed E-state index contributed by atoms with van der Waals surface area (Å²) in [4.78, 5) is 67.0. The summed E-state index contributed by atoms with van der Waals surface area (Å²) < 4.78 is 0. The normalized spacial score (nSPS) is 30.9. The van der Waals surface area contributed by atoms with Gasteiger partial charge in [0.15, 0.2) is 34.7 Å². The highest BCUT2D eigenvalue weighted by Crippen LogP contribution is 2.51. The molecule has 0 radical (unpaired) electrons. The zero-order chi connectivity index (χ0) is 28.2. The number of hydrogen-bond donors (Lipinski definition) is 4. The van der Waals surface area contributed by atoms with E-state index in [1.54, 1.807) is 0 Å². The number of thioether (sulfide) groups is 1. The Balaban J connectivity index is 1.49. The molecule has 0 aromatic heterocycles. The van der Waals surface area contributed by atoms with Crippen LogP contribution in [0.1, 0.15) is 47.2 Å². The minimum Gasteiger partial charge on any atom is -0.507 e. The van der Waals surface area contributed by atoms with E-state index in [9.17, 15) is 34.2 Å². The number of hydrogen-bond acceptors (Lipinski definition) is 10. The predicted octanol–water partition coefficient (Wildman–Crippen LogP) is 0.626. The van der Waals surface area contributed by atoms with Crippen LogP contribution >= 0.6 is 11.8 Å². The first kappa shape index (κ1) is 27.8. The maximum Gasteiger partial charge on any atom is 0.235 e. The zero-order valence-corrected chi connectivity index (χ0v) is 23.0. The number of ketones is 4. The zero-order valence-electron chi connectivity index (χ0n) is 22.2. The smallest absolute Gasteiger partial charge is 0.235 e. The van der Waals surface area contributed by atoms with E-state index in [1.807, 2.05) is 36.8 Å². The van der Waals surface area contributed by atoms with E-state index in [4.69, 9.17) is 5.73 Å². The number of Topliss-reactive ketones (excluding diaryl/α,β-unsaturated/α-hetero) is 4. The number of carbonyl (C=O) groups is 5. The van der Waals surface area contributed by atoms with Gasteiger partial charge in [0.1, 0.15) is 5.75 Å². The Morgan fingerprint density at radius 2 is 1.85 bits per heavy atom. The molecule has 5 N–H and O–H groups in total. The van der Waals surface area contributed by atoms with Gasteiger partial charge < -0.3 is 26.2 Å². The predicted molar refractivity (Wildman–Crippen MR) is 145 cm³/mol. The number of anilines is 1. The Morgan fingerprint density at radius 3 is 2.49 bits per heavy atom. The molecule has 1 aromatic carbocycles. The molecule has 5 atom stereocenters. The molecule has 0 bridgehead atoms. The van der Waals surface area contributed by atoms with Crippen LogP contribution < -0.4 is 16.0 Å². The Labute approximate surface area is 231 Å². The third-order valence-corrected chi connectivity index (χ3v) is 10.1. The molecule has 0 spiro atoms. The number of nitrogens with one attached hydrogen (secondary N) is 1. The second kappa shape index (κ2) is 10.3. The molecule has 3 fully saturated rings. The van der Waals surface area contributed by atoms with Crippen molar-refractivity contribution in [1.82, 2.24) is 5.32 Å². The third kappa shape index (κ3) is 4.48. The first-order chi connectivity index (χ1) is 18.5. The maximum absolute atomic E-state index is 13.9. The van der Waals surface area contributed by atoms with Crippen LogP contribution in [0.3, 0.4) is 0 Å². The van der Waals surface area contributed by atoms with Crippen LogP contribution in [0.4, 0.5) is 5.69 Å². The molecular formula is C28H35N3O7S. The van der Waals surface area contributed by atoms with Gasteiger partial charge >= 0.3 is 0 Å². The minimum absolute atomic E-state index is 0.0366. The Kier molecular flexibility index (Phi) is 7.36. The van der Waals surface area contributed by atoms with Crippen LogP contribution in [-0.2, 0) is 32.1 Å². The Bertz CT molecular complexity index is 1260. The highest BCUT2D eigenvalue weighted by atomic mass is 32.2. The number of primary amides is 1. The van der Waals surface area contributed by atoms with Crippen LogP contribution in [0.15, 0.2) is 6.07 Å². The number of phenolic OH excluding ortho intramolecular Hbond substituents is 1. The lowest BCUT2D eigenvalue weighted by molar-refractivity contribution is -0.175. The van der Waals surface area contributed by atoms with Crippen molar-refractivity contribution in [1.29, 1.82) is 0 Å². The topological polar surface area (TPSA) is 167 Å². The first-order valence-corrected chi connectivity index (χ1v) is 14.6. The fraction of sp³-hybridized carbons (Fsp3) is 0.607. The lowest BCUT2D eigenvalue weighted by Gasteiger charge is -2.48. The van der Waals surface area contributed by atoms with E-state index in [0.29, 0.717) is 23.6 Å². The van der Waals surface area contributed by atoms with Crippen LogP contribution in [0.25, 0.3) is 0 Å². The number of fused-ring (bicyclic) bond motifs is 3. The number of rotatable bonds is 6. The van der Waals surface area contributed by atoms with Crippen LogP contribution in [0, 0.1) is 29.6 Å². The third-order valence-electron chi connectivity index (χ3n) is 9.03. The van der Waals surface area contributed by atoms with Gasteiger partial charge in [0, 0.05) is 44.2 Å². The summed E-state index contributed by atoms with van der Waals surface area (Å²) in [7, 11) is 3.68. The molecular weight excluding hydrogens is 522 g/mol. The number of carbonyl (C=O) groups excluding carboxylic acids is 5. The summed E-state index contributed by atoms with van der Waals surface area (Å²) in [5.74, 6) is -7.07. The quantitative estimate of drug-likeness (QED) is 0.364. The highest BCUT2D eigenvalue weighted by molar-refractivity contribution is 7.99. The van der Waals surface area contributed by atoms with Crippen molar-refractivity contribution in [2.75, 3.05) is 37.0 Å². The second-order valence-electron chi connectivity index (χ2n) is 11.6. The monoisotopic (exact) mass is 557 g/mol. The Morgan fingerprint density at radius 1 is 1.15 bits per heavy atom. The van der Waals surface area contributed by atoms with Gasteiger partial charge in [-0.15, -0.1) is 0 Å². The number of phenols is 1. The largest absolute Gasteiger partial charge is 0.507 e. The molecule has 1 saturated heterocycles. The molecule has 5 rings (SSSR count). The average molecular weight is 558 g/mol. The molecule has 39 heavy (non-hydrogen) atoms. The van der Waals surface area contributed by atoms with Crippen molar-refractivity contribution >= 4 is 46.5 Å². The van der Waals surface area contributed by atoms with Crippen molar-refractivity contribution in [2.45, 2.75) is 44.2 Å². The number of aliphatic hydroxyl groups is 1. The standard InChI is InChI=1S/C28H35N3O7S/c1-31(2)18-9-15(12-30-11-13-3-5-39-6-4-13)23(33)21-17(18)8-14-7-16-10-19(32)22(27(29)37)26(36)28(16,38)25(35)20(14)24(21)34/h9,13-14,16,20,22,30,33,38H,3-8,10-12H2,1-2H3,(H2,29,37)/t14-,16+,20?,22?,28+/m1/s1. The molecule has 4 aliphatic rings. The molecule has 1 aliphatic heterocycles. The molecule has 2 unspecified atom stereocenters. The summed E-state index contributed by atoms with van der Waals surface area (Å²) in [6, 6.07) is 1.86. The SMILES string of the molecule is CN(C)c1cc(CNCC2CCSCC2)c(O)c2c1C[C@H]1C[C@H]3CC(=O)C(C(N)=O)C(=O)[C@@]3(O)C(=O)C1C2=O. The lowest BCUT2D eigenvalue weighted by atomic mass is 9.53.